The Labute approximate surface area is 156 Å². The van der Waals surface area contributed by atoms with E-state index in [4.69, 9.17) is 14.2 Å². The molecule has 2 rings (SSSR count). The van der Waals surface area contributed by atoms with Crippen molar-refractivity contribution in [2.24, 2.45) is 0 Å². The number of thioether (sulfide) groups is 1. The lowest BCUT2D eigenvalue weighted by Gasteiger charge is -2.16. The number of benzene rings is 2. The Kier molecular flexibility index (Phi) is 6.91. The Bertz CT molecular complexity index is 793. The summed E-state index contributed by atoms with van der Waals surface area (Å²) in [5, 5.41) is 2.78. The molecule has 1 unspecified atom stereocenters. The fourth-order valence-electron chi connectivity index (χ4n) is 2.31. The van der Waals surface area contributed by atoms with Crippen LogP contribution in [0.2, 0.25) is 0 Å². The van der Waals surface area contributed by atoms with E-state index in [0.29, 0.717) is 11.4 Å². The summed E-state index contributed by atoms with van der Waals surface area (Å²) in [6, 6.07) is 12.3. The third kappa shape index (κ3) is 4.49. The largest absolute Gasteiger partial charge is 0.493 e. The number of methoxy groups -OCH3 is 2. The first-order chi connectivity index (χ1) is 12.5. The molecule has 0 spiro atoms. The van der Waals surface area contributed by atoms with E-state index in [1.807, 2.05) is 24.5 Å². The van der Waals surface area contributed by atoms with Crippen LogP contribution in [-0.2, 0) is 9.53 Å². The zero-order valence-corrected chi connectivity index (χ0v) is 15.9. The highest BCUT2D eigenvalue weighted by Crippen LogP contribution is 2.31. The molecule has 138 valence electrons. The summed E-state index contributed by atoms with van der Waals surface area (Å²) in [6.45, 7) is 1.52. The van der Waals surface area contributed by atoms with Crippen molar-refractivity contribution in [2.75, 3.05) is 25.8 Å². The van der Waals surface area contributed by atoms with Crippen LogP contribution in [-0.4, -0.2) is 38.5 Å². The quantitative estimate of drug-likeness (QED) is 0.589. The Morgan fingerprint density at radius 3 is 2.42 bits per heavy atom. The average Bonchev–Trinajstić information content (AvgIpc) is 2.67. The molecule has 6 nitrogen and oxygen atoms in total. The number of nitrogens with one attached hydrogen (secondary N) is 1. The Morgan fingerprint density at radius 2 is 1.77 bits per heavy atom. The van der Waals surface area contributed by atoms with Crippen LogP contribution >= 0.6 is 11.8 Å². The van der Waals surface area contributed by atoms with Gasteiger partial charge >= 0.3 is 5.97 Å². The molecule has 26 heavy (non-hydrogen) atoms. The van der Waals surface area contributed by atoms with E-state index in [9.17, 15) is 9.59 Å². The second-order valence-electron chi connectivity index (χ2n) is 5.28. The van der Waals surface area contributed by atoms with E-state index in [1.54, 1.807) is 24.3 Å². The molecular formula is C19H21NO5S. The van der Waals surface area contributed by atoms with E-state index < -0.39 is 18.0 Å². The molecule has 2 aromatic carbocycles. The third-order valence-electron chi connectivity index (χ3n) is 3.64. The molecule has 0 aliphatic carbocycles. The van der Waals surface area contributed by atoms with Crippen molar-refractivity contribution in [1.29, 1.82) is 0 Å². The van der Waals surface area contributed by atoms with Crippen LogP contribution in [0.4, 0.5) is 5.69 Å². The van der Waals surface area contributed by atoms with Crippen LogP contribution in [0.3, 0.4) is 0 Å². The number of rotatable bonds is 7. The maximum Gasteiger partial charge on any atom is 0.342 e. The number of amides is 1. The molecule has 0 fully saturated rings. The topological polar surface area (TPSA) is 73.9 Å². The number of carbonyl (C=O) groups excluding carboxylic acids is 2. The number of para-hydroxylation sites is 2. The highest BCUT2D eigenvalue weighted by molar-refractivity contribution is 7.98. The summed E-state index contributed by atoms with van der Waals surface area (Å²) >= 11 is 1.52. The van der Waals surface area contributed by atoms with Gasteiger partial charge in [0.05, 0.1) is 19.9 Å². The predicted molar refractivity (Wildman–Crippen MR) is 101 cm³/mol. The van der Waals surface area contributed by atoms with Crippen molar-refractivity contribution in [3.63, 3.8) is 0 Å². The molecule has 0 bridgehead atoms. The van der Waals surface area contributed by atoms with Crippen LogP contribution in [0, 0.1) is 0 Å². The Morgan fingerprint density at radius 1 is 1.04 bits per heavy atom. The van der Waals surface area contributed by atoms with Gasteiger partial charge in [0.2, 0.25) is 0 Å². The maximum atomic E-state index is 12.4. The minimum absolute atomic E-state index is 0.191. The lowest BCUT2D eigenvalue weighted by atomic mass is 10.2. The lowest BCUT2D eigenvalue weighted by molar-refractivity contribution is -0.123. The molecule has 2 aromatic rings. The summed E-state index contributed by atoms with van der Waals surface area (Å²) in [6.07, 6.45) is 0.942. The maximum absolute atomic E-state index is 12.4. The predicted octanol–water partition coefficient (Wildman–Crippen LogP) is 3.61. The van der Waals surface area contributed by atoms with Crippen LogP contribution < -0.4 is 14.8 Å². The minimum Gasteiger partial charge on any atom is -0.493 e. The van der Waals surface area contributed by atoms with Gasteiger partial charge in [-0.3, -0.25) is 4.79 Å². The monoisotopic (exact) mass is 375 g/mol. The first-order valence-corrected chi connectivity index (χ1v) is 9.10. The summed E-state index contributed by atoms with van der Waals surface area (Å²) < 4.78 is 15.7. The van der Waals surface area contributed by atoms with Gasteiger partial charge in [-0.1, -0.05) is 18.2 Å². The number of anilines is 1. The van der Waals surface area contributed by atoms with Gasteiger partial charge in [-0.25, -0.2) is 4.79 Å². The fraction of sp³-hybridized carbons (Fsp3) is 0.263. The van der Waals surface area contributed by atoms with Gasteiger partial charge in [0.25, 0.3) is 5.91 Å². The van der Waals surface area contributed by atoms with Crippen molar-refractivity contribution in [2.45, 2.75) is 17.9 Å². The van der Waals surface area contributed by atoms with Crippen molar-refractivity contribution in [3.8, 4) is 11.5 Å². The first kappa shape index (κ1) is 19.7. The molecule has 1 amide bonds. The van der Waals surface area contributed by atoms with Gasteiger partial charge in [-0.2, -0.15) is 0 Å². The minimum atomic E-state index is -0.978. The normalized spacial score (nSPS) is 11.4. The van der Waals surface area contributed by atoms with Gasteiger partial charge in [-0.05, 0) is 37.4 Å². The smallest absolute Gasteiger partial charge is 0.342 e. The molecule has 7 heteroatoms. The Hall–Kier alpha value is -2.67. The van der Waals surface area contributed by atoms with Crippen molar-refractivity contribution in [3.05, 3.63) is 48.0 Å². The molecule has 0 aliphatic rings. The molecule has 0 saturated carbocycles. The van der Waals surface area contributed by atoms with Gasteiger partial charge in [0.1, 0.15) is 5.56 Å². The molecule has 0 aliphatic heterocycles. The molecule has 1 N–H and O–H groups in total. The van der Waals surface area contributed by atoms with Gasteiger partial charge in [0, 0.05) is 4.90 Å². The summed E-state index contributed by atoms with van der Waals surface area (Å²) in [5.74, 6) is -0.406. The van der Waals surface area contributed by atoms with E-state index in [1.165, 1.54) is 32.9 Å². The van der Waals surface area contributed by atoms with Crippen LogP contribution in [0.1, 0.15) is 17.3 Å². The molecule has 0 heterocycles. The molecule has 0 saturated heterocycles. The van der Waals surface area contributed by atoms with Gasteiger partial charge < -0.3 is 19.5 Å². The van der Waals surface area contributed by atoms with E-state index in [0.717, 1.165) is 4.90 Å². The second kappa shape index (κ2) is 9.15. The SMILES string of the molecule is COc1cccc(C(=O)OC(C)C(=O)Nc2ccccc2SC)c1OC. The zero-order valence-electron chi connectivity index (χ0n) is 15.1. The van der Waals surface area contributed by atoms with E-state index in [-0.39, 0.29) is 11.3 Å². The summed E-state index contributed by atoms with van der Waals surface area (Å²) in [5.41, 5.74) is 0.864. The number of esters is 1. The molecular weight excluding hydrogens is 354 g/mol. The van der Waals surface area contributed by atoms with Gasteiger partial charge in [0.15, 0.2) is 17.6 Å². The Balaban J connectivity index is 2.10. The van der Waals surface area contributed by atoms with Crippen LogP contribution in [0.25, 0.3) is 0 Å². The van der Waals surface area contributed by atoms with Crippen molar-refractivity contribution >= 4 is 29.3 Å². The fourth-order valence-corrected chi connectivity index (χ4v) is 2.86. The number of carbonyl (C=O) groups is 2. The number of hydrogen-bond donors (Lipinski definition) is 1. The number of hydrogen-bond acceptors (Lipinski definition) is 6. The summed E-state index contributed by atoms with van der Waals surface area (Å²) in [7, 11) is 2.91. The molecule has 1 atom stereocenters. The standard InChI is InChI=1S/C19H21NO5S/c1-12(18(21)20-14-9-5-6-11-16(14)26-4)25-19(22)13-8-7-10-15(23-2)17(13)24-3/h5-12H,1-4H3,(H,20,21). The van der Waals surface area contributed by atoms with Crippen molar-refractivity contribution < 1.29 is 23.8 Å². The van der Waals surface area contributed by atoms with Crippen LogP contribution in [0.5, 0.6) is 11.5 Å². The highest BCUT2D eigenvalue weighted by Gasteiger charge is 2.23. The van der Waals surface area contributed by atoms with E-state index >= 15 is 0 Å². The van der Waals surface area contributed by atoms with Gasteiger partial charge in [-0.15, -0.1) is 11.8 Å². The highest BCUT2D eigenvalue weighted by atomic mass is 32.2. The number of ether oxygens (including phenoxy) is 3. The van der Waals surface area contributed by atoms with Crippen molar-refractivity contribution in [1.82, 2.24) is 0 Å². The second-order valence-corrected chi connectivity index (χ2v) is 6.13. The van der Waals surface area contributed by atoms with E-state index in [2.05, 4.69) is 5.32 Å². The zero-order chi connectivity index (χ0) is 19.1. The molecule has 0 radical (unpaired) electrons. The lowest BCUT2D eigenvalue weighted by Crippen LogP contribution is -2.30. The molecule has 0 aromatic heterocycles. The average molecular weight is 375 g/mol. The third-order valence-corrected chi connectivity index (χ3v) is 4.44. The summed E-state index contributed by atoms with van der Waals surface area (Å²) in [4.78, 5) is 25.7. The first-order valence-electron chi connectivity index (χ1n) is 7.87. The van der Waals surface area contributed by atoms with Crippen LogP contribution in [0.15, 0.2) is 47.4 Å².